The van der Waals surface area contributed by atoms with Gasteiger partial charge in [-0.1, -0.05) is 28.1 Å². The third-order valence-corrected chi connectivity index (χ3v) is 3.72. The van der Waals surface area contributed by atoms with Crippen LogP contribution in [0, 0.1) is 0 Å². The fourth-order valence-corrected chi connectivity index (χ4v) is 2.44. The Morgan fingerprint density at radius 2 is 2.10 bits per heavy atom. The van der Waals surface area contributed by atoms with Gasteiger partial charge >= 0.3 is 5.97 Å². The van der Waals surface area contributed by atoms with Crippen molar-refractivity contribution in [2.45, 2.75) is 31.4 Å². The van der Waals surface area contributed by atoms with E-state index >= 15 is 0 Å². The van der Waals surface area contributed by atoms with Gasteiger partial charge in [-0.3, -0.25) is 9.59 Å². The Bertz CT molecular complexity index is 482. The predicted octanol–water partition coefficient (Wildman–Crippen LogP) is 2.26. The topological polar surface area (TPSA) is 75.6 Å². The molecule has 0 radical (unpaired) electrons. The van der Waals surface area contributed by atoms with Crippen LogP contribution in [0.4, 0.5) is 0 Å². The molecule has 1 saturated heterocycles. The molecule has 1 amide bonds. The molecule has 0 bridgehead atoms. The second-order valence-electron chi connectivity index (χ2n) is 4.71. The summed E-state index contributed by atoms with van der Waals surface area (Å²) in [6.45, 7) is 0.583. The largest absolute Gasteiger partial charge is 0.481 e. The van der Waals surface area contributed by atoms with E-state index in [2.05, 4.69) is 21.2 Å². The number of ether oxygens (including phenoxy) is 1. The Morgan fingerprint density at radius 3 is 2.65 bits per heavy atom. The van der Waals surface area contributed by atoms with Gasteiger partial charge in [0.15, 0.2) is 0 Å². The molecule has 1 aliphatic heterocycles. The Labute approximate surface area is 125 Å². The third-order valence-electron chi connectivity index (χ3n) is 3.19. The number of hydrogen-bond donors (Lipinski definition) is 2. The minimum Gasteiger partial charge on any atom is -0.481 e. The zero-order valence-corrected chi connectivity index (χ0v) is 12.4. The first-order valence-corrected chi connectivity index (χ1v) is 7.25. The lowest BCUT2D eigenvalue weighted by Gasteiger charge is -2.19. The molecule has 1 heterocycles. The second-order valence-corrected chi connectivity index (χ2v) is 5.63. The van der Waals surface area contributed by atoms with Crippen molar-refractivity contribution < 1.29 is 19.4 Å². The Kier molecular flexibility index (Phi) is 5.14. The first kappa shape index (κ1) is 15.0. The number of aliphatic carboxylic acids is 1. The number of hydrogen-bond acceptors (Lipinski definition) is 3. The number of carboxylic acids is 1. The number of benzene rings is 1. The van der Waals surface area contributed by atoms with Crippen LogP contribution in [0.1, 0.15) is 30.9 Å². The Hall–Kier alpha value is -1.40. The summed E-state index contributed by atoms with van der Waals surface area (Å²) in [5.41, 5.74) is 0.766. The summed E-state index contributed by atoms with van der Waals surface area (Å²) < 4.78 is 6.21. The first-order valence-electron chi connectivity index (χ1n) is 6.45. The molecule has 0 aliphatic carbocycles. The lowest BCUT2D eigenvalue weighted by Crippen LogP contribution is -2.37. The molecule has 0 saturated carbocycles. The van der Waals surface area contributed by atoms with E-state index < -0.39 is 18.1 Å². The Morgan fingerprint density at radius 1 is 1.40 bits per heavy atom. The standard InChI is InChI=1S/C14H16BrNO4/c15-10-5-3-9(4-6-10)11(8-13(17)18)16-14(19)12-2-1-7-20-12/h3-6,11-12H,1-2,7-8H2,(H,16,19)(H,17,18)/t11-,12-/m0/s1. The number of rotatable bonds is 5. The van der Waals surface area contributed by atoms with Crippen LogP contribution >= 0.6 is 15.9 Å². The maximum absolute atomic E-state index is 12.0. The van der Waals surface area contributed by atoms with Gasteiger partial charge in [-0.15, -0.1) is 0 Å². The zero-order chi connectivity index (χ0) is 14.5. The molecule has 2 atom stereocenters. The maximum Gasteiger partial charge on any atom is 0.305 e. The van der Waals surface area contributed by atoms with Crippen molar-refractivity contribution in [3.63, 3.8) is 0 Å². The summed E-state index contributed by atoms with van der Waals surface area (Å²) in [7, 11) is 0. The van der Waals surface area contributed by atoms with E-state index in [9.17, 15) is 9.59 Å². The smallest absolute Gasteiger partial charge is 0.305 e. The van der Waals surface area contributed by atoms with Crippen LogP contribution in [0.2, 0.25) is 0 Å². The summed E-state index contributed by atoms with van der Waals surface area (Å²) in [5.74, 6) is -1.19. The van der Waals surface area contributed by atoms with Gasteiger partial charge in [-0.05, 0) is 30.5 Å². The second kappa shape index (κ2) is 6.85. The van der Waals surface area contributed by atoms with Gasteiger partial charge in [-0.25, -0.2) is 0 Å². The fourth-order valence-electron chi connectivity index (χ4n) is 2.17. The highest BCUT2D eigenvalue weighted by molar-refractivity contribution is 9.10. The molecule has 0 aromatic heterocycles. The van der Waals surface area contributed by atoms with Crippen molar-refractivity contribution in [2.75, 3.05) is 6.61 Å². The third kappa shape index (κ3) is 4.05. The molecule has 108 valence electrons. The van der Waals surface area contributed by atoms with Crippen molar-refractivity contribution in [3.05, 3.63) is 34.3 Å². The number of amides is 1. The van der Waals surface area contributed by atoms with Crippen LogP contribution < -0.4 is 5.32 Å². The molecular weight excluding hydrogens is 326 g/mol. The van der Waals surface area contributed by atoms with E-state index in [0.29, 0.717) is 13.0 Å². The number of carbonyl (C=O) groups excluding carboxylic acids is 1. The highest BCUT2D eigenvalue weighted by Gasteiger charge is 2.27. The van der Waals surface area contributed by atoms with Crippen LogP contribution in [0.5, 0.6) is 0 Å². The van der Waals surface area contributed by atoms with Crippen LogP contribution in [-0.4, -0.2) is 29.7 Å². The minimum atomic E-state index is -0.953. The lowest BCUT2D eigenvalue weighted by atomic mass is 10.0. The van der Waals surface area contributed by atoms with Gasteiger partial charge in [-0.2, -0.15) is 0 Å². The molecule has 20 heavy (non-hydrogen) atoms. The number of carboxylic acid groups (broad SMARTS) is 1. The molecule has 1 aromatic rings. The van der Waals surface area contributed by atoms with E-state index in [-0.39, 0.29) is 12.3 Å². The highest BCUT2D eigenvalue weighted by atomic mass is 79.9. The van der Waals surface area contributed by atoms with Gasteiger partial charge < -0.3 is 15.2 Å². The molecule has 1 fully saturated rings. The van der Waals surface area contributed by atoms with Gasteiger partial charge in [0.2, 0.25) is 5.91 Å². The summed E-state index contributed by atoms with van der Waals surface area (Å²) in [5, 5.41) is 11.8. The normalized spacial score (nSPS) is 19.6. The SMILES string of the molecule is O=C(O)C[C@H](NC(=O)[C@@H]1CCCO1)c1ccc(Br)cc1. The molecular formula is C14H16BrNO4. The lowest BCUT2D eigenvalue weighted by molar-refractivity contribution is -0.138. The number of nitrogens with one attached hydrogen (secondary N) is 1. The molecule has 6 heteroatoms. The fraction of sp³-hybridized carbons (Fsp3) is 0.429. The van der Waals surface area contributed by atoms with E-state index in [1.54, 1.807) is 12.1 Å². The molecule has 0 unspecified atom stereocenters. The molecule has 0 spiro atoms. The molecule has 5 nitrogen and oxygen atoms in total. The minimum absolute atomic E-state index is 0.153. The van der Waals surface area contributed by atoms with Crippen LogP contribution in [-0.2, 0) is 14.3 Å². The maximum atomic E-state index is 12.0. The summed E-state index contributed by atoms with van der Waals surface area (Å²) in [6.07, 6.45) is 0.938. The Balaban J connectivity index is 2.08. The van der Waals surface area contributed by atoms with Gasteiger partial charge in [0.25, 0.3) is 0 Å². The molecule has 2 N–H and O–H groups in total. The molecule has 1 aromatic carbocycles. The van der Waals surface area contributed by atoms with E-state index in [0.717, 1.165) is 16.5 Å². The average Bonchev–Trinajstić information content (AvgIpc) is 2.92. The molecule has 2 rings (SSSR count). The van der Waals surface area contributed by atoms with Crippen molar-refractivity contribution >= 4 is 27.8 Å². The van der Waals surface area contributed by atoms with Crippen molar-refractivity contribution in [1.82, 2.24) is 5.32 Å². The van der Waals surface area contributed by atoms with E-state index in [1.165, 1.54) is 0 Å². The zero-order valence-electron chi connectivity index (χ0n) is 10.8. The monoisotopic (exact) mass is 341 g/mol. The van der Waals surface area contributed by atoms with Gasteiger partial charge in [0.05, 0.1) is 12.5 Å². The van der Waals surface area contributed by atoms with E-state index in [1.807, 2.05) is 12.1 Å². The van der Waals surface area contributed by atoms with Crippen LogP contribution in [0.3, 0.4) is 0 Å². The van der Waals surface area contributed by atoms with Crippen molar-refractivity contribution in [3.8, 4) is 0 Å². The van der Waals surface area contributed by atoms with E-state index in [4.69, 9.17) is 9.84 Å². The van der Waals surface area contributed by atoms with Crippen LogP contribution in [0.25, 0.3) is 0 Å². The van der Waals surface area contributed by atoms with Gasteiger partial charge in [0, 0.05) is 11.1 Å². The summed E-state index contributed by atoms with van der Waals surface area (Å²) >= 11 is 3.33. The van der Waals surface area contributed by atoms with Crippen molar-refractivity contribution in [2.24, 2.45) is 0 Å². The summed E-state index contributed by atoms with van der Waals surface area (Å²) in [6, 6.07) is 6.70. The molecule has 1 aliphatic rings. The first-order chi connectivity index (χ1) is 9.56. The quantitative estimate of drug-likeness (QED) is 0.861. The average molecular weight is 342 g/mol. The van der Waals surface area contributed by atoms with Gasteiger partial charge in [0.1, 0.15) is 6.10 Å². The number of halogens is 1. The predicted molar refractivity (Wildman–Crippen MR) is 76.3 cm³/mol. The highest BCUT2D eigenvalue weighted by Crippen LogP contribution is 2.21. The van der Waals surface area contributed by atoms with Crippen LogP contribution in [0.15, 0.2) is 28.7 Å². The van der Waals surface area contributed by atoms with Crippen molar-refractivity contribution in [1.29, 1.82) is 0 Å². The summed E-state index contributed by atoms with van der Waals surface area (Å²) in [4.78, 5) is 23.0. The number of carbonyl (C=O) groups is 2.